The minimum Gasteiger partial charge on any atom is -0.273 e. The van der Waals surface area contributed by atoms with E-state index in [-0.39, 0.29) is 11.4 Å². The Balaban J connectivity index is 1.70. The molecule has 4 amide bonds. The van der Waals surface area contributed by atoms with Crippen LogP contribution >= 0.6 is 15.9 Å². The van der Waals surface area contributed by atoms with E-state index >= 15 is 0 Å². The van der Waals surface area contributed by atoms with Crippen LogP contribution in [0.25, 0.3) is 6.08 Å². The molecule has 0 saturated carbocycles. The molecule has 4 rings (SSSR count). The fraction of sp³-hybridized carbons (Fsp3) is 0.0417. The van der Waals surface area contributed by atoms with E-state index in [1.54, 1.807) is 48.5 Å². The second-order valence-corrected chi connectivity index (χ2v) is 7.86. The highest BCUT2D eigenvalue weighted by atomic mass is 79.9. The monoisotopic (exact) mass is 478 g/mol. The Bertz CT molecular complexity index is 1220. The zero-order chi connectivity index (χ0) is 22.0. The zero-order valence-electron chi connectivity index (χ0n) is 16.1. The van der Waals surface area contributed by atoms with Crippen LogP contribution in [0.15, 0.2) is 82.8 Å². The van der Waals surface area contributed by atoms with Gasteiger partial charge in [0.15, 0.2) is 0 Å². The van der Waals surface area contributed by atoms with E-state index in [4.69, 9.17) is 0 Å². The van der Waals surface area contributed by atoms with E-state index in [2.05, 4.69) is 21.2 Å². The molecule has 0 radical (unpaired) electrons. The molecule has 0 aliphatic carbocycles. The van der Waals surface area contributed by atoms with Crippen LogP contribution in [-0.4, -0.2) is 17.8 Å². The third kappa shape index (κ3) is 4.46. The Morgan fingerprint density at radius 3 is 2.42 bits per heavy atom. The van der Waals surface area contributed by atoms with Crippen LogP contribution in [0.2, 0.25) is 0 Å². The van der Waals surface area contributed by atoms with Gasteiger partial charge in [0.2, 0.25) is 0 Å². The van der Waals surface area contributed by atoms with Gasteiger partial charge >= 0.3 is 6.03 Å². The molecule has 0 atom stereocenters. The number of amides is 4. The fourth-order valence-electron chi connectivity index (χ4n) is 3.34. The van der Waals surface area contributed by atoms with Crippen LogP contribution in [0.3, 0.4) is 0 Å². The Morgan fingerprint density at radius 1 is 0.935 bits per heavy atom. The van der Waals surface area contributed by atoms with Gasteiger partial charge in [-0.1, -0.05) is 52.3 Å². The van der Waals surface area contributed by atoms with Gasteiger partial charge in [-0.3, -0.25) is 14.9 Å². The number of benzene rings is 3. The molecule has 1 aliphatic rings. The number of nitrogens with one attached hydrogen (secondary N) is 1. The van der Waals surface area contributed by atoms with Gasteiger partial charge in [-0.05, 0) is 65.6 Å². The number of halogens is 2. The lowest BCUT2D eigenvalue weighted by atomic mass is 9.97. The molecule has 1 aliphatic heterocycles. The van der Waals surface area contributed by atoms with Gasteiger partial charge < -0.3 is 0 Å². The molecule has 3 aromatic rings. The van der Waals surface area contributed by atoms with E-state index in [0.29, 0.717) is 17.7 Å². The molecule has 1 heterocycles. The molecule has 1 saturated heterocycles. The van der Waals surface area contributed by atoms with Crippen molar-refractivity contribution in [2.24, 2.45) is 0 Å². The molecule has 0 bridgehead atoms. The molecule has 7 heteroatoms. The molecule has 0 spiro atoms. The molecule has 1 N–H and O–H groups in total. The Labute approximate surface area is 186 Å². The maximum atomic E-state index is 13.6. The summed E-state index contributed by atoms with van der Waals surface area (Å²) < 4.78 is 14.4. The summed E-state index contributed by atoms with van der Waals surface area (Å²) in [5.74, 6) is -1.81. The van der Waals surface area contributed by atoms with Crippen LogP contribution < -0.4 is 10.2 Å². The minimum absolute atomic E-state index is 0.158. The van der Waals surface area contributed by atoms with Gasteiger partial charge in [0, 0.05) is 4.47 Å². The van der Waals surface area contributed by atoms with Crippen LogP contribution in [-0.2, 0) is 16.0 Å². The van der Waals surface area contributed by atoms with Crippen molar-refractivity contribution in [1.29, 1.82) is 0 Å². The van der Waals surface area contributed by atoms with Crippen molar-refractivity contribution in [3.05, 3.63) is 105 Å². The number of rotatable bonds is 4. The number of anilines is 1. The van der Waals surface area contributed by atoms with E-state index in [9.17, 15) is 18.8 Å². The molecule has 0 aromatic heterocycles. The first-order chi connectivity index (χ1) is 14.9. The van der Waals surface area contributed by atoms with Gasteiger partial charge in [-0.25, -0.2) is 14.1 Å². The van der Waals surface area contributed by atoms with Crippen LogP contribution in [0, 0.1) is 5.82 Å². The number of carbonyl (C=O) groups excluding carboxylic acids is 3. The number of nitrogens with zero attached hydrogens (tertiary/aromatic N) is 1. The maximum absolute atomic E-state index is 13.6. The third-order valence-corrected chi connectivity index (χ3v) is 5.35. The van der Waals surface area contributed by atoms with Crippen LogP contribution in [0.4, 0.5) is 14.9 Å². The lowest BCUT2D eigenvalue weighted by molar-refractivity contribution is -0.122. The highest BCUT2D eigenvalue weighted by Gasteiger charge is 2.36. The van der Waals surface area contributed by atoms with Gasteiger partial charge in [-0.2, -0.15) is 0 Å². The summed E-state index contributed by atoms with van der Waals surface area (Å²) in [5.41, 5.74) is 2.40. The standard InChI is InChI=1S/C24H16BrFN2O3/c25-18-8-10-20(11-9-18)28-23(30)21(22(29)27-24(28)31)14-17-6-2-1-5-16(17)12-15-4-3-7-19(26)13-15/h1-11,13-14H,12H2,(H,27,29,31)/b21-14+. The highest BCUT2D eigenvalue weighted by molar-refractivity contribution is 9.10. The van der Waals surface area contributed by atoms with Crippen molar-refractivity contribution in [2.45, 2.75) is 6.42 Å². The summed E-state index contributed by atoms with van der Waals surface area (Å²) in [6, 6.07) is 19.3. The normalized spacial score (nSPS) is 15.4. The number of hydrogen-bond donors (Lipinski definition) is 1. The number of imide groups is 2. The average Bonchev–Trinajstić information content (AvgIpc) is 2.73. The second kappa shape index (κ2) is 8.65. The summed E-state index contributed by atoms with van der Waals surface area (Å²) in [4.78, 5) is 38.8. The molecular weight excluding hydrogens is 463 g/mol. The quantitative estimate of drug-likeness (QED) is 0.430. The van der Waals surface area contributed by atoms with Gasteiger partial charge in [0.05, 0.1) is 5.69 Å². The minimum atomic E-state index is -0.803. The summed E-state index contributed by atoms with van der Waals surface area (Å²) in [5, 5.41) is 2.22. The summed E-state index contributed by atoms with van der Waals surface area (Å²) in [7, 11) is 0. The lowest BCUT2D eigenvalue weighted by Crippen LogP contribution is -2.54. The summed E-state index contributed by atoms with van der Waals surface area (Å²) in [6.45, 7) is 0. The Morgan fingerprint density at radius 2 is 1.68 bits per heavy atom. The van der Waals surface area contributed by atoms with Gasteiger partial charge in [0.25, 0.3) is 11.8 Å². The molecule has 3 aromatic carbocycles. The first-order valence-electron chi connectivity index (χ1n) is 9.42. The molecule has 0 unspecified atom stereocenters. The number of hydrogen-bond acceptors (Lipinski definition) is 3. The average molecular weight is 479 g/mol. The maximum Gasteiger partial charge on any atom is 0.335 e. The predicted molar refractivity (Wildman–Crippen MR) is 119 cm³/mol. The molecule has 5 nitrogen and oxygen atoms in total. The Hall–Kier alpha value is -3.58. The summed E-state index contributed by atoms with van der Waals surface area (Å²) >= 11 is 3.31. The molecule has 1 fully saturated rings. The SMILES string of the molecule is O=C1NC(=O)N(c2ccc(Br)cc2)C(=O)/C1=C/c1ccccc1Cc1cccc(F)c1. The molecular formula is C24H16BrFN2O3. The van der Waals surface area contributed by atoms with Crippen molar-refractivity contribution in [2.75, 3.05) is 4.90 Å². The number of urea groups is 1. The number of barbiturate groups is 1. The van der Waals surface area contributed by atoms with E-state index in [0.717, 1.165) is 20.5 Å². The third-order valence-electron chi connectivity index (χ3n) is 4.83. The largest absolute Gasteiger partial charge is 0.335 e. The predicted octanol–water partition coefficient (Wildman–Crippen LogP) is 4.85. The van der Waals surface area contributed by atoms with Crippen molar-refractivity contribution >= 4 is 45.5 Å². The fourth-order valence-corrected chi connectivity index (χ4v) is 3.60. The molecule has 154 valence electrons. The van der Waals surface area contributed by atoms with Crippen LogP contribution in [0.1, 0.15) is 16.7 Å². The summed E-state index contributed by atoms with van der Waals surface area (Å²) in [6.07, 6.45) is 1.88. The number of carbonyl (C=O) groups is 3. The van der Waals surface area contributed by atoms with Crippen molar-refractivity contribution in [3.63, 3.8) is 0 Å². The van der Waals surface area contributed by atoms with Crippen molar-refractivity contribution < 1.29 is 18.8 Å². The van der Waals surface area contributed by atoms with E-state index < -0.39 is 17.8 Å². The van der Waals surface area contributed by atoms with Gasteiger partial charge in [-0.15, -0.1) is 0 Å². The van der Waals surface area contributed by atoms with Gasteiger partial charge in [0.1, 0.15) is 11.4 Å². The van der Waals surface area contributed by atoms with Crippen LogP contribution in [0.5, 0.6) is 0 Å². The second-order valence-electron chi connectivity index (χ2n) is 6.94. The topological polar surface area (TPSA) is 66.5 Å². The first kappa shape index (κ1) is 20.7. The highest BCUT2D eigenvalue weighted by Crippen LogP contribution is 2.25. The van der Waals surface area contributed by atoms with E-state index in [1.165, 1.54) is 18.2 Å². The van der Waals surface area contributed by atoms with Crippen molar-refractivity contribution in [1.82, 2.24) is 5.32 Å². The van der Waals surface area contributed by atoms with Crippen molar-refractivity contribution in [3.8, 4) is 0 Å². The zero-order valence-corrected chi connectivity index (χ0v) is 17.7. The molecule has 31 heavy (non-hydrogen) atoms. The Kier molecular flexibility index (Phi) is 5.77. The first-order valence-corrected chi connectivity index (χ1v) is 10.2. The lowest BCUT2D eigenvalue weighted by Gasteiger charge is -2.26. The van der Waals surface area contributed by atoms with E-state index in [1.807, 2.05) is 12.1 Å². The smallest absolute Gasteiger partial charge is 0.273 e.